The van der Waals surface area contributed by atoms with Gasteiger partial charge < -0.3 is 9.80 Å². The van der Waals surface area contributed by atoms with Crippen LogP contribution in [0.3, 0.4) is 0 Å². The van der Waals surface area contributed by atoms with Crippen LogP contribution < -0.4 is 0 Å². The van der Waals surface area contributed by atoms with Gasteiger partial charge in [-0.25, -0.2) is 0 Å². The Morgan fingerprint density at radius 3 is 2.95 bits per heavy atom. The van der Waals surface area contributed by atoms with Crippen molar-refractivity contribution in [1.29, 1.82) is 0 Å². The lowest BCUT2D eigenvalue weighted by atomic mass is 10.1. The molecule has 0 unspecified atom stereocenters. The van der Waals surface area contributed by atoms with E-state index in [4.69, 9.17) is 0 Å². The van der Waals surface area contributed by atoms with Crippen molar-refractivity contribution >= 4 is 22.7 Å². The van der Waals surface area contributed by atoms with Gasteiger partial charge in [-0.15, -0.1) is 0 Å². The van der Waals surface area contributed by atoms with Crippen molar-refractivity contribution in [1.82, 2.24) is 20.0 Å². The number of fused-ring (bicyclic) bond motifs is 1. The summed E-state index contributed by atoms with van der Waals surface area (Å²) in [7, 11) is 0. The SMILES string of the molecule is O=C(Cc1[nH]nc2ccccc12)N1CC(=O)N(CC2CC2)C1. The second kappa shape index (κ2) is 5.12. The van der Waals surface area contributed by atoms with Gasteiger partial charge >= 0.3 is 0 Å². The van der Waals surface area contributed by atoms with E-state index < -0.39 is 0 Å². The van der Waals surface area contributed by atoms with Crippen molar-refractivity contribution in [3.05, 3.63) is 30.0 Å². The van der Waals surface area contributed by atoms with E-state index >= 15 is 0 Å². The normalized spacial score (nSPS) is 18.5. The van der Waals surface area contributed by atoms with Gasteiger partial charge in [-0.05, 0) is 24.8 Å². The van der Waals surface area contributed by atoms with E-state index in [1.54, 1.807) is 9.80 Å². The summed E-state index contributed by atoms with van der Waals surface area (Å²) in [4.78, 5) is 27.9. The van der Waals surface area contributed by atoms with E-state index in [0.29, 0.717) is 12.6 Å². The third-order valence-electron chi connectivity index (χ3n) is 4.42. The summed E-state index contributed by atoms with van der Waals surface area (Å²) in [5.41, 5.74) is 1.67. The van der Waals surface area contributed by atoms with Crippen LogP contribution in [0.1, 0.15) is 18.5 Å². The number of nitrogens with zero attached hydrogens (tertiary/aromatic N) is 3. The van der Waals surface area contributed by atoms with Gasteiger partial charge in [-0.2, -0.15) is 5.10 Å². The maximum atomic E-state index is 12.4. The van der Waals surface area contributed by atoms with Gasteiger partial charge in [-0.1, -0.05) is 18.2 Å². The van der Waals surface area contributed by atoms with Crippen LogP contribution in [0.4, 0.5) is 0 Å². The molecule has 1 N–H and O–H groups in total. The fraction of sp³-hybridized carbons (Fsp3) is 0.438. The summed E-state index contributed by atoms with van der Waals surface area (Å²) in [5.74, 6) is 0.686. The summed E-state index contributed by atoms with van der Waals surface area (Å²) < 4.78 is 0. The Hall–Kier alpha value is -2.37. The number of H-pyrrole nitrogens is 1. The first-order valence-corrected chi connectivity index (χ1v) is 7.68. The van der Waals surface area contributed by atoms with Gasteiger partial charge in [0.05, 0.1) is 24.3 Å². The third-order valence-corrected chi connectivity index (χ3v) is 4.42. The fourth-order valence-electron chi connectivity index (χ4n) is 2.95. The zero-order valence-electron chi connectivity index (χ0n) is 12.3. The molecule has 2 amide bonds. The first-order chi connectivity index (χ1) is 10.7. The van der Waals surface area contributed by atoms with Crippen molar-refractivity contribution in [2.75, 3.05) is 19.8 Å². The number of aromatic nitrogens is 2. The molecule has 0 atom stereocenters. The molecule has 22 heavy (non-hydrogen) atoms. The molecule has 1 aromatic carbocycles. The minimum atomic E-state index is -0.0268. The number of hydrogen-bond acceptors (Lipinski definition) is 3. The van der Waals surface area contributed by atoms with Crippen molar-refractivity contribution in [3.8, 4) is 0 Å². The molecule has 0 radical (unpaired) electrons. The lowest BCUT2D eigenvalue weighted by Gasteiger charge is -2.17. The highest BCUT2D eigenvalue weighted by molar-refractivity contribution is 5.91. The average Bonchev–Trinajstić information content (AvgIpc) is 3.14. The molecule has 1 saturated carbocycles. The standard InChI is InChI=1S/C16H18N4O2/c21-15(7-14-12-3-1-2-4-13(12)17-18-14)20-9-16(22)19(10-20)8-11-5-6-11/h1-4,11H,5-10H2,(H,17,18). The van der Waals surface area contributed by atoms with Crippen LogP contribution >= 0.6 is 0 Å². The highest BCUT2D eigenvalue weighted by atomic mass is 16.2. The molecule has 4 rings (SSSR count). The van der Waals surface area contributed by atoms with Gasteiger partial charge in [0.15, 0.2) is 0 Å². The van der Waals surface area contributed by atoms with Crippen molar-refractivity contribution < 1.29 is 9.59 Å². The van der Waals surface area contributed by atoms with E-state index in [0.717, 1.165) is 23.1 Å². The van der Waals surface area contributed by atoms with E-state index in [2.05, 4.69) is 10.2 Å². The molecule has 6 nitrogen and oxygen atoms in total. The molecule has 0 bridgehead atoms. The second-order valence-electron chi connectivity index (χ2n) is 6.19. The first-order valence-electron chi connectivity index (χ1n) is 7.68. The molecule has 114 valence electrons. The molecule has 6 heteroatoms. The van der Waals surface area contributed by atoms with Crippen LogP contribution in [0.25, 0.3) is 10.9 Å². The summed E-state index contributed by atoms with van der Waals surface area (Å²) >= 11 is 0. The first kappa shape index (κ1) is 13.3. The Bertz CT molecular complexity index is 735. The molecule has 0 spiro atoms. The van der Waals surface area contributed by atoms with Crippen molar-refractivity contribution in [2.45, 2.75) is 19.3 Å². The van der Waals surface area contributed by atoms with Crippen molar-refractivity contribution in [3.63, 3.8) is 0 Å². The largest absolute Gasteiger partial charge is 0.323 e. The Kier molecular flexibility index (Phi) is 3.10. The number of para-hydroxylation sites is 1. The van der Waals surface area contributed by atoms with E-state index in [1.807, 2.05) is 24.3 Å². The fourth-order valence-corrected chi connectivity index (χ4v) is 2.95. The molecular weight excluding hydrogens is 280 g/mol. The predicted octanol–water partition coefficient (Wildman–Crippen LogP) is 1.14. The highest BCUT2D eigenvalue weighted by Gasteiger charge is 2.34. The molecule has 1 aromatic heterocycles. The Balaban J connectivity index is 1.45. The molecule has 2 heterocycles. The van der Waals surface area contributed by atoms with Crippen LogP contribution in [0, 0.1) is 5.92 Å². The molecule has 2 aliphatic rings. The van der Waals surface area contributed by atoms with Gasteiger partial charge in [0, 0.05) is 11.9 Å². The quantitative estimate of drug-likeness (QED) is 0.920. The summed E-state index contributed by atoms with van der Waals surface area (Å²) in [6, 6.07) is 7.72. The van der Waals surface area contributed by atoms with Crippen LogP contribution in [-0.4, -0.2) is 51.6 Å². The lowest BCUT2D eigenvalue weighted by molar-refractivity contribution is -0.131. The topological polar surface area (TPSA) is 69.3 Å². The molecule has 1 aliphatic heterocycles. The van der Waals surface area contributed by atoms with Crippen LogP contribution in [0.5, 0.6) is 0 Å². The number of carbonyl (C=O) groups excluding carboxylic acids is 2. The summed E-state index contributed by atoms with van der Waals surface area (Å²) in [6.07, 6.45) is 2.67. The van der Waals surface area contributed by atoms with Crippen LogP contribution in [0.2, 0.25) is 0 Å². The number of hydrogen-bond donors (Lipinski definition) is 1. The maximum absolute atomic E-state index is 12.4. The lowest BCUT2D eigenvalue weighted by Crippen LogP contribution is -2.33. The summed E-state index contributed by atoms with van der Waals surface area (Å²) in [6.45, 7) is 1.44. The van der Waals surface area contributed by atoms with Crippen LogP contribution in [0.15, 0.2) is 24.3 Å². The van der Waals surface area contributed by atoms with Gasteiger partial charge in [0.1, 0.15) is 6.54 Å². The molecular formula is C16H18N4O2. The third kappa shape index (κ3) is 2.45. The Morgan fingerprint density at radius 2 is 2.14 bits per heavy atom. The van der Waals surface area contributed by atoms with E-state index in [-0.39, 0.29) is 24.8 Å². The monoisotopic (exact) mass is 298 g/mol. The molecule has 2 aromatic rings. The van der Waals surface area contributed by atoms with Gasteiger partial charge in [0.2, 0.25) is 11.8 Å². The summed E-state index contributed by atoms with van der Waals surface area (Å²) in [5, 5.41) is 8.11. The molecule has 2 fully saturated rings. The number of aromatic amines is 1. The molecule has 1 saturated heterocycles. The maximum Gasteiger partial charge on any atom is 0.243 e. The van der Waals surface area contributed by atoms with E-state index in [1.165, 1.54) is 12.8 Å². The second-order valence-corrected chi connectivity index (χ2v) is 6.19. The zero-order valence-corrected chi connectivity index (χ0v) is 12.3. The number of rotatable bonds is 4. The number of amides is 2. The number of benzene rings is 1. The minimum absolute atomic E-state index is 0.0268. The smallest absolute Gasteiger partial charge is 0.243 e. The number of nitrogens with one attached hydrogen (secondary N) is 1. The van der Waals surface area contributed by atoms with Gasteiger partial charge in [0.25, 0.3) is 0 Å². The van der Waals surface area contributed by atoms with E-state index in [9.17, 15) is 9.59 Å². The highest BCUT2D eigenvalue weighted by Crippen LogP contribution is 2.30. The number of carbonyl (C=O) groups is 2. The Morgan fingerprint density at radius 1 is 1.32 bits per heavy atom. The zero-order chi connectivity index (χ0) is 15.1. The average molecular weight is 298 g/mol. The Labute approximate surface area is 128 Å². The van der Waals surface area contributed by atoms with Crippen LogP contribution in [-0.2, 0) is 16.0 Å². The van der Waals surface area contributed by atoms with Gasteiger partial charge in [-0.3, -0.25) is 14.7 Å². The molecule has 1 aliphatic carbocycles. The minimum Gasteiger partial charge on any atom is -0.323 e. The predicted molar refractivity (Wildman–Crippen MR) is 80.8 cm³/mol. The van der Waals surface area contributed by atoms with Crippen molar-refractivity contribution in [2.24, 2.45) is 5.92 Å².